The fraction of sp³-hybridized carbons (Fsp3) is 0.391. The molecule has 1 fully saturated rings. The molecule has 1 aromatic carbocycles. The molecule has 1 aliphatic carbocycles. The van der Waals surface area contributed by atoms with Gasteiger partial charge in [-0.2, -0.15) is 5.10 Å². The maximum absolute atomic E-state index is 14.7. The summed E-state index contributed by atoms with van der Waals surface area (Å²) in [6.07, 6.45) is 7.71. The second-order valence-corrected chi connectivity index (χ2v) is 8.76. The molecule has 2 heterocycles. The second kappa shape index (κ2) is 9.18. The Bertz CT molecular complexity index is 978. The monoisotopic (exact) mass is 426 g/mol. The summed E-state index contributed by atoms with van der Waals surface area (Å²) in [5.41, 5.74) is 4.19. The number of aryl methyl sites for hydroxylation is 1. The number of nitrogens with one attached hydrogen (secondary N) is 2. The lowest BCUT2D eigenvalue weighted by Gasteiger charge is -2.16. The van der Waals surface area contributed by atoms with Crippen LogP contribution < -0.4 is 14.8 Å². The van der Waals surface area contributed by atoms with Gasteiger partial charge >= 0.3 is 0 Å². The van der Waals surface area contributed by atoms with E-state index in [9.17, 15) is 4.39 Å². The van der Waals surface area contributed by atoms with Crippen molar-refractivity contribution in [2.24, 2.45) is 5.92 Å². The zero-order valence-corrected chi connectivity index (χ0v) is 18.2. The summed E-state index contributed by atoms with van der Waals surface area (Å²) < 4.78 is 23.9. The Labute approximate surface area is 181 Å². The van der Waals surface area contributed by atoms with E-state index in [1.807, 2.05) is 18.2 Å². The maximum Gasteiger partial charge on any atom is 0.236 e. The third-order valence-corrected chi connectivity index (χ3v) is 6.67. The van der Waals surface area contributed by atoms with Gasteiger partial charge in [0.15, 0.2) is 5.82 Å². The van der Waals surface area contributed by atoms with Crippen molar-refractivity contribution in [1.29, 1.82) is 0 Å². The average molecular weight is 427 g/mol. The molecule has 1 saturated carbocycles. The van der Waals surface area contributed by atoms with Crippen molar-refractivity contribution < 1.29 is 9.13 Å². The van der Waals surface area contributed by atoms with Crippen LogP contribution in [0.4, 0.5) is 10.1 Å². The summed E-state index contributed by atoms with van der Waals surface area (Å²) in [5, 5.41) is 11.2. The van der Waals surface area contributed by atoms with Crippen LogP contribution in [-0.2, 0) is 13.0 Å². The molecule has 0 saturated heterocycles. The van der Waals surface area contributed by atoms with Crippen molar-refractivity contribution >= 4 is 17.6 Å². The highest BCUT2D eigenvalue weighted by Gasteiger charge is 2.28. The summed E-state index contributed by atoms with van der Waals surface area (Å²) in [6, 6.07) is 5.67. The lowest BCUT2D eigenvalue weighted by Crippen LogP contribution is -2.15. The Morgan fingerprint density at radius 2 is 2.27 bits per heavy atom. The molecule has 30 heavy (non-hydrogen) atoms. The molecule has 7 heteroatoms. The van der Waals surface area contributed by atoms with E-state index in [4.69, 9.17) is 4.74 Å². The van der Waals surface area contributed by atoms with Crippen LogP contribution in [0.2, 0.25) is 0 Å². The first-order chi connectivity index (χ1) is 14.5. The summed E-state index contributed by atoms with van der Waals surface area (Å²) >= 11 is 1.47. The molecule has 0 radical (unpaired) electrons. The van der Waals surface area contributed by atoms with E-state index in [0.717, 1.165) is 36.1 Å². The molecule has 0 bridgehead atoms. The number of hydrogen-bond acceptors (Lipinski definition) is 6. The van der Waals surface area contributed by atoms with Crippen LogP contribution in [0.25, 0.3) is 0 Å². The Hall–Kier alpha value is -2.38. The van der Waals surface area contributed by atoms with Gasteiger partial charge in [0, 0.05) is 28.3 Å². The zero-order valence-electron chi connectivity index (χ0n) is 17.4. The van der Waals surface area contributed by atoms with Gasteiger partial charge in [-0.3, -0.25) is 4.72 Å². The van der Waals surface area contributed by atoms with Crippen molar-refractivity contribution in [3.63, 3.8) is 0 Å². The van der Waals surface area contributed by atoms with Crippen molar-refractivity contribution in [2.75, 3.05) is 5.32 Å². The lowest BCUT2D eigenvalue weighted by molar-refractivity contribution is 0.193. The van der Waals surface area contributed by atoms with Crippen LogP contribution in [0.15, 0.2) is 53.2 Å². The van der Waals surface area contributed by atoms with Crippen LogP contribution in [0.5, 0.6) is 5.88 Å². The number of ether oxygens (including phenoxy) is 1. The lowest BCUT2D eigenvalue weighted by atomic mass is 9.98. The molecule has 0 amide bonds. The normalized spacial score (nSPS) is 20.8. The van der Waals surface area contributed by atoms with Crippen LogP contribution in [0.1, 0.15) is 44.2 Å². The molecule has 0 spiro atoms. The summed E-state index contributed by atoms with van der Waals surface area (Å²) in [7, 11) is 0. The SMILES string of the molecule is C=C(/C=C(\C)C1CCC(Oc2nnccc2CC)C1)Nc1ccc2c(c1F)CNS2. The van der Waals surface area contributed by atoms with Gasteiger partial charge in [-0.25, -0.2) is 4.39 Å². The highest BCUT2D eigenvalue weighted by atomic mass is 32.2. The van der Waals surface area contributed by atoms with Crippen LogP contribution in [0, 0.1) is 11.7 Å². The first-order valence-electron chi connectivity index (χ1n) is 10.4. The molecule has 1 aliphatic heterocycles. The third-order valence-electron chi connectivity index (χ3n) is 5.78. The van der Waals surface area contributed by atoms with E-state index in [1.165, 1.54) is 17.5 Å². The smallest absolute Gasteiger partial charge is 0.236 e. The third kappa shape index (κ3) is 4.52. The number of halogens is 1. The minimum absolute atomic E-state index is 0.140. The van der Waals surface area contributed by atoms with E-state index in [1.54, 1.807) is 12.3 Å². The van der Waals surface area contributed by atoms with Crippen molar-refractivity contribution in [3.05, 3.63) is 65.3 Å². The van der Waals surface area contributed by atoms with Gasteiger partial charge in [0.2, 0.25) is 5.88 Å². The van der Waals surface area contributed by atoms with E-state index in [2.05, 4.69) is 40.7 Å². The highest BCUT2D eigenvalue weighted by molar-refractivity contribution is 7.97. The first-order valence-corrected chi connectivity index (χ1v) is 11.2. The minimum Gasteiger partial charge on any atom is -0.473 e. The van der Waals surface area contributed by atoms with Crippen molar-refractivity contribution in [2.45, 2.75) is 57.1 Å². The number of allylic oxidation sites excluding steroid dienone is 2. The molecule has 4 rings (SSSR count). The second-order valence-electron chi connectivity index (χ2n) is 7.83. The standard InChI is InChI=1S/C23H27FN4OS/c1-4-16-9-10-25-28-23(16)29-18-6-5-17(12-18)14(2)11-15(3)27-20-7-8-21-19(22(20)24)13-26-30-21/h7-11,17-18,26-27H,3-6,12-13H2,1-2H3/b14-11+. The molecule has 5 nitrogen and oxygen atoms in total. The summed E-state index contributed by atoms with van der Waals surface area (Å²) in [6.45, 7) is 8.82. The average Bonchev–Trinajstić information content (AvgIpc) is 3.40. The van der Waals surface area contributed by atoms with Crippen molar-refractivity contribution in [3.8, 4) is 5.88 Å². The maximum atomic E-state index is 14.7. The van der Waals surface area contributed by atoms with Gasteiger partial charge in [-0.1, -0.05) is 19.1 Å². The predicted molar refractivity (Wildman–Crippen MR) is 119 cm³/mol. The quantitative estimate of drug-likeness (QED) is 0.456. The van der Waals surface area contributed by atoms with E-state index in [-0.39, 0.29) is 11.9 Å². The van der Waals surface area contributed by atoms with Gasteiger partial charge in [0.05, 0.1) is 11.9 Å². The highest BCUT2D eigenvalue weighted by Crippen LogP contribution is 2.35. The molecule has 2 N–H and O–H groups in total. The van der Waals surface area contributed by atoms with E-state index >= 15 is 0 Å². The molecule has 2 atom stereocenters. The van der Waals surface area contributed by atoms with Crippen LogP contribution >= 0.6 is 11.9 Å². The molecular weight excluding hydrogens is 399 g/mol. The van der Waals surface area contributed by atoms with Crippen molar-refractivity contribution in [1.82, 2.24) is 14.9 Å². The first kappa shape index (κ1) is 20.9. The molecule has 2 aromatic rings. The summed E-state index contributed by atoms with van der Waals surface area (Å²) in [5.74, 6) is 0.862. The molecule has 2 aliphatic rings. The van der Waals surface area contributed by atoms with Gasteiger partial charge in [-0.15, -0.1) is 5.10 Å². The molecular formula is C23H27FN4OS. The Kier molecular flexibility index (Phi) is 6.39. The predicted octanol–water partition coefficient (Wildman–Crippen LogP) is 5.41. The zero-order chi connectivity index (χ0) is 21.1. The molecule has 2 unspecified atom stereocenters. The van der Waals surface area contributed by atoms with Gasteiger partial charge < -0.3 is 10.1 Å². The number of hydrogen-bond donors (Lipinski definition) is 2. The van der Waals surface area contributed by atoms with E-state index in [0.29, 0.717) is 35.3 Å². The Balaban J connectivity index is 1.36. The Morgan fingerprint density at radius 3 is 3.10 bits per heavy atom. The molecule has 158 valence electrons. The topological polar surface area (TPSA) is 59.1 Å². The number of benzene rings is 1. The van der Waals surface area contributed by atoms with Gasteiger partial charge in [-0.05, 0) is 74.7 Å². The number of aromatic nitrogens is 2. The number of nitrogens with zero attached hydrogens (tertiary/aromatic N) is 2. The largest absolute Gasteiger partial charge is 0.473 e. The fourth-order valence-electron chi connectivity index (χ4n) is 4.08. The minimum atomic E-state index is -0.206. The van der Waals surface area contributed by atoms with Crippen LogP contribution in [-0.4, -0.2) is 16.3 Å². The van der Waals surface area contributed by atoms with E-state index < -0.39 is 0 Å². The van der Waals surface area contributed by atoms with Crippen LogP contribution in [0.3, 0.4) is 0 Å². The fourth-order valence-corrected chi connectivity index (χ4v) is 4.87. The number of fused-ring (bicyclic) bond motifs is 1. The van der Waals surface area contributed by atoms with Gasteiger partial charge in [0.25, 0.3) is 0 Å². The number of rotatable bonds is 7. The van der Waals surface area contributed by atoms with Gasteiger partial charge in [0.1, 0.15) is 6.10 Å². The summed E-state index contributed by atoms with van der Waals surface area (Å²) in [4.78, 5) is 0.946. The Morgan fingerprint density at radius 1 is 1.40 bits per heavy atom. The number of anilines is 1. The molecule has 1 aromatic heterocycles.